The van der Waals surface area contributed by atoms with E-state index in [1.807, 2.05) is 29.2 Å². The Morgan fingerprint density at radius 3 is 2.95 bits per heavy atom. The van der Waals surface area contributed by atoms with Crippen molar-refractivity contribution in [3.8, 4) is 0 Å². The van der Waals surface area contributed by atoms with E-state index in [-0.39, 0.29) is 0 Å². The Balaban J connectivity index is 1.63. The summed E-state index contributed by atoms with van der Waals surface area (Å²) >= 11 is 0. The molecule has 0 saturated carbocycles. The number of imidazole rings is 1. The van der Waals surface area contributed by atoms with Crippen LogP contribution in [-0.4, -0.2) is 25.2 Å². The zero-order chi connectivity index (χ0) is 13.9. The lowest BCUT2D eigenvalue weighted by Crippen LogP contribution is -2.30. The summed E-state index contributed by atoms with van der Waals surface area (Å²) in [7, 11) is 0. The molecule has 5 nitrogen and oxygen atoms in total. The zero-order valence-corrected chi connectivity index (χ0v) is 11.8. The molecular formula is C15H19N5. The van der Waals surface area contributed by atoms with E-state index in [4.69, 9.17) is 0 Å². The smallest absolute Gasteiger partial charge is 0.139 e. The van der Waals surface area contributed by atoms with Gasteiger partial charge in [-0.15, -0.1) is 0 Å². The standard InChI is InChI=1S/C15H19N5/c1-12-5-3-7-19-11-14(18-15(12)19)9-16-13(2)10-20-8-4-6-17-20/h3-8,11,13,16H,9-10H2,1-2H3. The highest BCUT2D eigenvalue weighted by Crippen LogP contribution is 2.09. The summed E-state index contributed by atoms with van der Waals surface area (Å²) in [5.74, 6) is 0. The number of hydrogen-bond acceptors (Lipinski definition) is 3. The largest absolute Gasteiger partial charge is 0.307 e. The lowest BCUT2D eigenvalue weighted by molar-refractivity contribution is 0.449. The maximum Gasteiger partial charge on any atom is 0.139 e. The number of nitrogens with zero attached hydrogens (tertiary/aromatic N) is 4. The van der Waals surface area contributed by atoms with E-state index in [9.17, 15) is 0 Å². The number of hydrogen-bond donors (Lipinski definition) is 1. The fourth-order valence-electron chi connectivity index (χ4n) is 2.32. The first-order valence-electron chi connectivity index (χ1n) is 6.86. The maximum absolute atomic E-state index is 4.66. The molecule has 1 atom stereocenters. The van der Waals surface area contributed by atoms with Gasteiger partial charge in [0.2, 0.25) is 0 Å². The fourth-order valence-corrected chi connectivity index (χ4v) is 2.32. The first kappa shape index (κ1) is 12.9. The van der Waals surface area contributed by atoms with Gasteiger partial charge in [-0.2, -0.15) is 5.10 Å². The van der Waals surface area contributed by atoms with Crippen LogP contribution in [0.4, 0.5) is 0 Å². The molecule has 0 aliphatic rings. The van der Waals surface area contributed by atoms with Gasteiger partial charge in [-0.1, -0.05) is 6.07 Å². The van der Waals surface area contributed by atoms with Crippen LogP contribution in [0, 0.1) is 6.92 Å². The SMILES string of the molecule is Cc1cccn2cc(CNC(C)Cn3cccn3)nc12. The van der Waals surface area contributed by atoms with Gasteiger partial charge in [-0.25, -0.2) is 4.98 Å². The molecule has 1 unspecified atom stereocenters. The van der Waals surface area contributed by atoms with Crippen LogP contribution in [0.15, 0.2) is 43.0 Å². The number of aryl methyl sites for hydroxylation is 1. The summed E-state index contributed by atoms with van der Waals surface area (Å²) in [5, 5.41) is 7.70. The van der Waals surface area contributed by atoms with Gasteiger partial charge in [0.1, 0.15) is 5.65 Å². The highest BCUT2D eigenvalue weighted by molar-refractivity contribution is 5.47. The van der Waals surface area contributed by atoms with Crippen molar-refractivity contribution in [1.29, 1.82) is 0 Å². The molecule has 0 fully saturated rings. The van der Waals surface area contributed by atoms with Crippen LogP contribution < -0.4 is 5.32 Å². The average Bonchev–Trinajstić information content (AvgIpc) is 3.06. The van der Waals surface area contributed by atoms with E-state index < -0.39 is 0 Å². The van der Waals surface area contributed by atoms with Crippen LogP contribution >= 0.6 is 0 Å². The van der Waals surface area contributed by atoms with Crippen molar-refractivity contribution in [2.75, 3.05) is 0 Å². The topological polar surface area (TPSA) is 47.1 Å². The molecule has 0 aromatic carbocycles. The second kappa shape index (κ2) is 5.46. The van der Waals surface area contributed by atoms with Gasteiger partial charge in [-0.3, -0.25) is 4.68 Å². The molecule has 1 N–H and O–H groups in total. The molecule has 3 heterocycles. The Morgan fingerprint density at radius 2 is 2.20 bits per heavy atom. The number of nitrogens with one attached hydrogen (secondary N) is 1. The Labute approximate surface area is 118 Å². The van der Waals surface area contributed by atoms with E-state index in [1.165, 1.54) is 5.56 Å². The molecule has 0 aliphatic carbocycles. The van der Waals surface area contributed by atoms with Crippen LogP contribution in [0.1, 0.15) is 18.2 Å². The molecule has 5 heteroatoms. The Bertz CT molecular complexity index is 683. The zero-order valence-electron chi connectivity index (χ0n) is 11.8. The van der Waals surface area contributed by atoms with E-state index in [0.717, 1.165) is 24.4 Å². The Morgan fingerprint density at radius 1 is 1.30 bits per heavy atom. The van der Waals surface area contributed by atoms with Gasteiger partial charge in [0, 0.05) is 37.4 Å². The molecule has 3 rings (SSSR count). The highest BCUT2D eigenvalue weighted by atomic mass is 15.3. The molecule has 0 aliphatic heterocycles. The van der Waals surface area contributed by atoms with Crippen molar-refractivity contribution < 1.29 is 0 Å². The van der Waals surface area contributed by atoms with Gasteiger partial charge in [-0.05, 0) is 31.5 Å². The van der Waals surface area contributed by atoms with Crippen molar-refractivity contribution in [1.82, 2.24) is 24.5 Å². The van der Waals surface area contributed by atoms with Gasteiger partial charge < -0.3 is 9.72 Å². The molecule has 0 spiro atoms. The van der Waals surface area contributed by atoms with Gasteiger partial charge in [0.15, 0.2) is 0 Å². The summed E-state index contributed by atoms with van der Waals surface area (Å²) in [4.78, 5) is 4.66. The molecule has 0 amide bonds. The molecule has 0 bridgehead atoms. The Hall–Kier alpha value is -2.14. The number of pyridine rings is 1. The molecule has 0 radical (unpaired) electrons. The molecular weight excluding hydrogens is 250 g/mol. The van der Waals surface area contributed by atoms with Crippen LogP contribution in [0.2, 0.25) is 0 Å². The van der Waals surface area contributed by atoms with Crippen molar-refractivity contribution >= 4 is 5.65 Å². The van der Waals surface area contributed by atoms with Crippen molar-refractivity contribution in [3.63, 3.8) is 0 Å². The highest BCUT2D eigenvalue weighted by Gasteiger charge is 2.06. The molecule has 0 saturated heterocycles. The molecule has 3 aromatic heterocycles. The Kier molecular flexibility index (Phi) is 3.52. The van der Waals surface area contributed by atoms with E-state index in [2.05, 4.69) is 45.9 Å². The quantitative estimate of drug-likeness (QED) is 0.771. The van der Waals surface area contributed by atoms with Crippen LogP contribution in [0.5, 0.6) is 0 Å². The minimum Gasteiger partial charge on any atom is -0.307 e. The van der Waals surface area contributed by atoms with E-state index in [1.54, 1.807) is 6.20 Å². The maximum atomic E-state index is 4.66. The second-order valence-electron chi connectivity index (χ2n) is 5.16. The molecule has 104 valence electrons. The van der Waals surface area contributed by atoms with Crippen molar-refractivity contribution in [2.24, 2.45) is 0 Å². The number of fused-ring (bicyclic) bond motifs is 1. The second-order valence-corrected chi connectivity index (χ2v) is 5.16. The summed E-state index contributed by atoms with van der Waals surface area (Å²) in [6, 6.07) is 6.42. The van der Waals surface area contributed by atoms with Gasteiger partial charge >= 0.3 is 0 Å². The lowest BCUT2D eigenvalue weighted by Gasteiger charge is -2.12. The number of aromatic nitrogens is 4. The predicted molar refractivity (Wildman–Crippen MR) is 78.5 cm³/mol. The first-order chi connectivity index (χ1) is 9.72. The van der Waals surface area contributed by atoms with Gasteiger partial charge in [0.25, 0.3) is 0 Å². The normalized spacial score (nSPS) is 12.9. The van der Waals surface area contributed by atoms with E-state index >= 15 is 0 Å². The number of rotatable bonds is 5. The van der Waals surface area contributed by atoms with Crippen molar-refractivity contribution in [2.45, 2.75) is 33.0 Å². The first-order valence-corrected chi connectivity index (χ1v) is 6.86. The lowest BCUT2D eigenvalue weighted by atomic mass is 10.3. The predicted octanol–water partition coefficient (Wildman–Crippen LogP) is 2.02. The summed E-state index contributed by atoms with van der Waals surface area (Å²) < 4.78 is 4.01. The van der Waals surface area contributed by atoms with Gasteiger partial charge in [0.05, 0.1) is 12.2 Å². The third-order valence-electron chi connectivity index (χ3n) is 3.38. The summed E-state index contributed by atoms with van der Waals surface area (Å²) in [6.45, 7) is 5.87. The third kappa shape index (κ3) is 2.72. The monoisotopic (exact) mass is 269 g/mol. The third-order valence-corrected chi connectivity index (χ3v) is 3.38. The average molecular weight is 269 g/mol. The minimum atomic E-state index is 0.348. The van der Waals surface area contributed by atoms with Crippen molar-refractivity contribution in [3.05, 3.63) is 54.2 Å². The van der Waals surface area contributed by atoms with Crippen LogP contribution in [0.3, 0.4) is 0 Å². The molecule has 20 heavy (non-hydrogen) atoms. The van der Waals surface area contributed by atoms with Crippen LogP contribution in [-0.2, 0) is 13.1 Å². The fraction of sp³-hybridized carbons (Fsp3) is 0.333. The van der Waals surface area contributed by atoms with Crippen LogP contribution in [0.25, 0.3) is 5.65 Å². The molecule has 3 aromatic rings. The minimum absolute atomic E-state index is 0.348. The summed E-state index contributed by atoms with van der Waals surface area (Å²) in [5.41, 5.74) is 3.29. The van der Waals surface area contributed by atoms with E-state index in [0.29, 0.717) is 6.04 Å². The summed E-state index contributed by atoms with van der Waals surface area (Å²) in [6.07, 6.45) is 7.89.